The van der Waals surface area contributed by atoms with Crippen LogP contribution in [0.25, 0.3) is 0 Å². The molecule has 2 N–H and O–H groups in total. The molecule has 0 aromatic carbocycles. The van der Waals surface area contributed by atoms with Gasteiger partial charge in [-0.25, -0.2) is 0 Å². The Balaban J connectivity index is 2.12. The highest BCUT2D eigenvalue weighted by Gasteiger charge is 2.72. The molecule has 1 saturated carbocycles. The van der Waals surface area contributed by atoms with E-state index in [1.807, 2.05) is 6.92 Å². The summed E-state index contributed by atoms with van der Waals surface area (Å²) in [5, 5.41) is 21.6. The van der Waals surface area contributed by atoms with Gasteiger partial charge in [0.15, 0.2) is 0 Å². The van der Waals surface area contributed by atoms with Crippen molar-refractivity contribution >= 4 is 17.9 Å². The van der Waals surface area contributed by atoms with Gasteiger partial charge in [0, 0.05) is 19.4 Å². The molecule has 9 atom stereocenters. The van der Waals surface area contributed by atoms with E-state index in [4.69, 9.17) is 18.9 Å². The molecule has 1 spiro atoms. The molecule has 9 nitrogen and oxygen atoms in total. The number of carbonyl (C=O) groups excluding carboxylic acids is 3. The zero-order valence-corrected chi connectivity index (χ0v) is 25.4. The number of hydrogen-bond acceptors (Lipinski definition) is 9. The molecule has 2 fully saturated rings. The number of hydrogen-bond donors (Lipinski definition) is 2. The van der Waals surface area contributed by atoms with Crippen LogP contribution in [-0.4, -0.2) is 59.0 Å². The summed E-state index contributed by atoms with van der Waals surface area (Å²) in [5.74, 6) is -2.15. The third-order valence-corrected chi connectivity index (χ3v) is 9.39. The van der Waals surface area contributed by atoms with Crippen LogP contribution in [0.3, 0.4) is 0 Å². The van der Waals surface area contributed by atoms with Gasteiger partial charge in [0.05, 0.1) is 18.6 Å². The summed E-state index contributed by atoms with van der Waals surface area (Å²) in [4.78, 5) is 37.8. The fourth-order valence-electron chi connectivity index (χ4n) is 7.05. The lowest BCUT2D eigenvalue weighted by atomic mass is 9.45. The third-order valence-electron chi connectivity index (χ3n) is 9.39. The molecule has 0 radical (unpaired) electrons. The molecule has 230 valence electrons. The first kappa shape index (κ1) is 33.0. The van der Waals surface area contributed by atoms with E-state index >= 15 is 0 Å². The summed E-state index contributed by atoms with van der Waals surface area (Å²) in [6.45, 7) is 14.6. The first-order valence-corrected chi connectivity index (χ1v) is 14.9. The van der Waals surface area contributed by atoms with Gasteiger partial charge in [-0.15, -0.1) is 0 Å². The molecule has 3 rings (SSSR count). The highest BCUT2D eigenvalue weighted by molar-refractivity contribution is 5.71. The maximum absolute atomic E-state index is 13.3. The van der Waals surface area contributed by atoms with E-state index in [0.717, 1.165) is 24.8 Å². The number of ether oxygens (including phenoxy) is 4. The van der Waals surface area contributed by atoms with Crippen LogP contribution in [-0.2, 0) is 33.3 Å². The molecule has 0 amide bonds. The molecule has 1 heterocycles. The quantitative estimate of drug-likeness (QED) is 0.110. The topological polar surface area (TPSA) is 129 Å². The van der Waals surface area contributed by atoms with E-state index < -0.39 is 59.6 Å². The zero-order chi connectivity index (χ0) is 30.5. The van der Waals surface area contributed by atoms with Crippen LogP contribution in [0.4, 0.5) is 0 Å². The van der Waals surface area contributed by atoms with Crippen molar-refractivity contribution in [3.63, 3.8) is 0 Å². The molecule has 9 unspecified atom stereocenters. The zero-order valence-electron chi connectivity index (χ0n) is 25.4. The van der Waals surface area contributed by atoms with E-state index in [2.05, 4.69) is 33.4 Å². The highest BCUT2D eigenvalue weighted by Crippen LogP contribution is 2.67. The Morgan fingerprint density at radius 2 is 1.83 bits per heavy atom. The van der Waals surface area contributed by atoms with Gasteiger partial charge in [-0.3, -0.25) is 19.1 Å². The van der Waals surface area contributed by atoms with Gasteiger partial charge in [-0.05, 0) is 55.9 Å². The molecule has 0 bridgehead atoms. The standard InChI is InChI=1S/C32H48O9/c1-8-10-11-12-23(35)18-28(37)40-27-15-20(4)31(7,14-13-19(3)9-2)26-17-24(36)16-25-29(38-21(5)33)41-30(32(25,26)27)39-22(6)34/h9,13,16,20,23-24,26-27,29-30,35-36H,2,8,10-12,14-15,17-18H2,1,3-7H3. The first-order chi connectivity index (χ1) is 19.3. The van der Waals surface area contributed by atoms with Crippen molar-refractivity contribution in [3.8, 4) is 0 Å². The Labute approximate surface area is 243 Å². The minimum absolute atomic E-state index is 0.0107. The molecule has 3 aliphatic rings. The number of aliphatic hydroxyl groups excluding tert-OH is 2. The lowest BCUT2D eigenvalue weighted by molar-refractivity contribution is -0.257. The molecule has 9 heteroatoms. The van der Waals surface area contributed by atoms with Crippen LogP contribution in [0.2, 0.25) is 0 Å². The fourth-order valence-corrected chi connectivity index (χ4v) is 7.05. The van der Waals surface area contributed by atoms with Crippen molar-refractivity contribution in [2.75, 3.05) is 0 Å². The van der Waals surface area contributed by atoms with Crippen molar-refractivity contribution < 1.29 is 43.5 Å². The minimum atomic E-state index is -1.23. The molecule has 41 heavy (non-hydrogen) atoms. The van der Waals surface area contributed by atoms with Crippen LogP contribution < -0.4 is 0 Å². The Bertz CT molecular complexity index is 1050. The molecular formula is C32H48O9. The lowest BCUT2D eigenvalue weighted by Crippen LogP contribution is -2.63. The lowest BCUT2D eigenvalue weighted by Gasteiger charge is -2.60. The number of esters is 3. The predicted molar refractivity (Wildman–Crippen MR) is 152 cm³/mol. The Hall–Kier alpha value is -2.49. The van der Waals surface area contributed by atoms with Crippen molar-refractivity contribution in [2.45, 2.75) is 124 Å². The third kappa shape index (κ3) is 6.95. The Morgan fingerprint density at radius 1 is 1.15 bits per heavy atom. The minimum Gasteiger partial charge on any atom is -0.461 e. The number of unbranched alkanes of at least 4 members (excludes halogenated alkanes) is 2. The smallest absolute Gasteiger partial charge is 0.308 e. The molecule has 1 aliphatic heterocycles. The number of allylic oxidation sites excluding steroid dienone is 3. The summed E-state index contributed by atoms with van der Waals surface area (Å²) in [7, 11) is 0. The van der Waals surface area contributed by atoms with Crippen molar-refractivity contribution in [1.29, 1.82) is 0 Å². The monoisotopic (exact) mass is 576 g/mol. The largest absolute Gasteiger partial charge is 0.461 e. The van der Waals surface area contributed by atoms with Gasteiger partial charge in [-0.1, -0.05) is 64.3 Å². The second-order valence-electron chi connectivity index (χ2n) is 12.3. The molecule has 0 aromatic heterocycles. The summed E-state index contributed by atoms with van der Waals surface area (Å²) in [6, 6.07) is 0. The first-order valence-electron chi connectivity index (χ1n) is 14.9. The van der Waals surface area contributed by atoms with Crippen molar-refractivity contribution in [1.82, 2.24) is 0 Å². The maximum atomic E-state index is 13.3. The molecule has 1 saturated heterocycles. The fraction of sp³-hybridized carbons (Fsp3) is 0.719. The van der Waals surface area contributed by atoms with Crippen LogP contribution in [0.1, 0.15) is 92.9 Å². The molecule has 0 aromatic rings. The normalized spacial score (nSPS) is 35.4. The van der Waals surface area contributed by atoms with Crippen LogP contribution in [0, 0.1) is 22.7 Å². The van der Waals surface area contributed by atoms with Gasteiger partial charge < -0.3 is 24.4 Å². The maximum Gasteiger partial charge on any atom is 0.308 e. The SMILES string of the molecule is C=CC(C)=CCC1(C)C(C)CC(OC(=O)CC(O)CCCCC)C23C(=CC(O)CC12)C(OC(C)=O)OC3OC(C)=O. The Kier molecular flexibility index (Phi) is 11.0. The number of aliphatic hydroxyl groups is 2. The average Bonchev–Trinajstić information content (AvgIpc) is 3.17. The van der Waals surface area contributed by atoms with E-state index in [1.54, 1.807) is 12.2 Å². The molecular weight excluding hydrogens is 528 g/mol. The summed E-state index contributed by atoms with van der Waals surface area (Å²) >= 11 is 0. The van der Waals surface area contributed by atoms with Gasteiger partial charge in [0.1, 0.15) is 11.5 Å². The number of carbonyl (C=O) groups is 3. The van der Waals surface area contributed by atoms with E-state index in [-0.39, 0.29) is 18.3 Å². The summed E-state index contributed by atoms with van der Waals surface area (Å²) in [6.07, 6.45) is 4.93. The predicted octanol–water partition coefficient (Wildman–Crippen LogP) is 4.90. The number of rotatable bonds is 12. The van der Waals surface area contributed by atoms with E-state index in [1.165, 1.54) is 13.8 Å². The van der Waals surface area contributed by atoms with Crippen molar-refractivity contribution in [3.05, 3.63) is 36.0 Å². The van der Waals surface area contributed by atoms with Crippen LogP contribution >= 0.6 is 0 Å². The van der Waals surface area contributed by atoms with E-state index in [9.17, 15) is 24.6 Å². The van der Waals surface area contributed by atoms with E-state index in [0.29, 0.717) is 31.3 Å². The van der Waals surface area contributed by atoms with Crippen LogP contribution in [0.15, 0.2) is 36.0 Å². The molecule has 2 aliphatic carbocycles. The average molecular weight is 577 g/mol. The van der Waals surface area contributed by atoms with Gasteiger partial charge in [0.25, 0.3) is 0 Å². The van der Waals surface area contributed by atoms with Gasteiger partial charge >= 0.3 is 17.9 Å². The summed E-state index contributed by atoms with van der Waals surface area (Å²) in [5.41, 5.74) is -0.237. The summed E-state index contributed by atoms with van der Waals surface area (Å²) < 4.78 is 23.6. The van der Waals surface area contributed by atoms with Crippen molar-refractivity contribution in [2.24, 2.45) is 22.7 Å². The van der Waals surface area contributed by atoms with Gasteiger partial charge in [-0.2, -0.15) is 0 Å². The Morgan fingerprint density at radius 3 is 2.44 bits per heavy atom. The second-order valence-corrected chi connectivity index (χ2v) is 12.3. The second kappa shape index (κ2) is 13.7. The van der Waals surface area contributed by atoms with Gasteiger partial charge in [0.2, 0.25) is 12.6 Å². The highest BCUT2D eigenvalue weighted by atomic mass is 16.8. The van der Waals surface area contributed by atoms with Crippen LogP contribution in [0.5, 0.6) is 0 Å².